The summed E-state index contributed by atoms with van der Waals surface area (Å²) in [7, 11) is 3.93. The zero-order chi connectivity index (χ0) is 18.7. The van der Waals surface area contributed by atoms with Crippen molar-refractivity contribution in [2.45, 2.75) is 12.5 Å². The molecule has 1 N–H and O–H groups in total. The van der Waals surface area contributed by atoms with E-state index >= 15 is 0 Å². The molecule has 2 atom stereocenters. The van der Waals surface area contributed by atoms with Crippen LogP contribution in [0.2, 0.25) is 0 Å². The quantitative estimate of drug-likeness (QED) is 0.838. The van der Waals surface area contributed by atoms with Gasteiger partial charge in [0, 0.05) is 45.7 Å². The summed E-state index contributed by atoms with van der Waals surface area (Å²) < 4.78 is 13.6. The Balaban J connectivity index is 1.70. The smallest absolute Gasteiger partial charge is 0.228 e. The molecule has 142 valence electrons. The molecule has 2 aliphatic heterocycles. The van der Waals surface area contributed by atoms with Crippen molar-refractivity contribution in [2.75, 3.05) is 53.4 Å². The van der Waals surface area contributed by atoms with Crippen LogP contribution in [0, 0.1) is 11.7 Å². The zero-order valence-electron chi connectivity index (χ0n) is 15.4. The van der Waals surface area contributed by atoms with Gasteiger partial charge in [-0.15, -0.1) is 0 Å². The molecule has 0 aromatic heterocycles. The maximum atomic E-state index is 13.6. The second kappa shape index (κ2) is 8.14. The number of nitrogens with one attached hydrogen (secondary N) is 1. The van der Waals surface area contributed by atoms with E-state index in [1.807, 2.05) is 30.0 Å². The first-order valence-electron chi connectivity index (χ1n) is 9.15. The Bertz CT molecular complexity index is 667. The lowest BCUT2D eigenvalue weighted by atomic mass is 9.99. The van der Waals surface area contributed by atoms with E-state index in [1.165, 1.54) is 12.1 Å². The first kappa shape index (κ1) is 18.8. The number of hydrogen-bond donors (Lipinski definition) is 1. The Morgan fingerprint density at radius 3 is 2.92 bits per heavy atom. The van der Waals surface area contributed by atoms with E-state index in [-0.39, 0.29) is 36.0 Å². The molecule has 2 amide bonds. The molecule has 3 rings (SSSR count). The molecule has 0 saturated carbocycles. The number of carbonyl (C=O) groups excluding carboxylic acids is 2. The molecule has 1 aromatic rings. The van der Waals surface area contributed by atoms with Gasteiger partial charge in [0.15, 0.2) is 0 Å². The molecular formula is C19H27FN4O2. The van der Waals surface area contributed by atoms with Crippen LogP contribution in [0.4, 0.5) is 4.39 Å². The monoisotopic (exact) mass is 362 g/mol. The van der Waals surface area contributed by atoms with Crippen LogP contribution in [-0.4, -0.2) is 79.9 Å². The summed E-state index contributed by atoms with van der Waals surface area (Å²) in [6.07, 6.45) is 0.270. The number of likely N-dealkylation sites (tertiary alicyclic amines) is 1. The first-order chi connectivity index (χ1) is 12.5. The summed E-state index contributed by atoms with van der Waals surface area (Å²) >= 11 is 0. The number of piperazine rings is 1. The van der Waals surface area contributed by atoms with Crippen molar-refractivity contribution in [2.24, 2.45) is 5.92 Å². The standard InChI is InChI=1S/C19H27FN4O2/c1-22(2)8-9-23-13-15(11-18(23)25)19(26)24-7-6-21-12-17(24)14-4-3-5-16(20)10-14/h3-5,10,15,17,21H,6-9,11-13H2,1-2H3. The predicted octanol–water partition coefficient (Wildman–Crippen LogP) is 0.709. The molecule has 2 aliphatic rings. The molecule has 0 radical (unpaired) electrons. The molecule has 0 spiro atoms. The highest BCUT2D eigenvalue weighted by Gasteiger charge is 2.39. The Hall–Kier alpha value is -1.99. The second-order valence-electron chi connectivity index (χ2n) is 7.35. The van der Waals surface area contributed by atoms with E-state index in [2.05, 4.69) is 5.32 Å². The van der Waals surface area contributed by atoms with Crippen molar-refractivity contribution < 1.29 is 14.0 Å². The average Bonchev–Trinajstić information content (AvgIpc) is 3.00. The van der Waals surface area contributed by atoms with Gasteiger partial charge in [0.25, 0.3) is 0 Å². The normalized spacial score (nSPS) is 23.8. The number of hydrogen-bond acceptors (Lipinski definition) is 4. The minimum Gasteiger partial charge on any atom is -0.341 e. The van der Waals surface area contributed by atoms with Crippen LogP contribution in [0.3, 0.4) is 0 Å². The lowest BCUT2D eigenvalue weighted by molar-refractivity contribution is -0.139. The van der Waals surface area contributed by atoms with E-state index < -0.39 is 0 Å². The number of carbonyl (C=O) groups is 2. The predicted molar refractivity (Wildman–Crippen MR) is 97.0 cm³/mol. The van der Waals surface area contributed by atoms with E-state index in [0.717, 1.165) is 12.1 Å². The molecule has 2 fully saturated rings. The van der Waals surface area contributed by atoms with Gasteiger partial charge >= 0.3 is 0 Å². The summed E-state index contributed by atoms with van der Waals surface area (Å²) in [6.45, 7) is 3.78. The molecule has 1 aromatic carbocycles. The maximum absolute atomic E-state index is 13.6. The third-order valence-corrected chi connectivity index (χ3v) is 5.14. The van der Waals surface area contributed by atoms with E-state index in [9.17, 15) is 14.0 Å². The van der Waals surface area contributed by atoms with Crippen LogP contribution in [0.25, 0.3) is 0 Å². The highest BCUT2D eigenvalue weighted by atomic mass is 19.1. The highest BCUT2D eigenvalue weighted by Crippen LogP contribution is 2.28. The summed E-state index contributed by atoms with van der Waals surface area (Å²) in [5.41, 5.74) is 0.791. The van der Waals surface area contributed by atoms with Crippen LogP contribution >= 0.6 is 0 Å². The molecule has 6 nitrogen and oxygen atoms in total. The third kappa shape index (κ3) is 4.22. The van der Waals surface area contributed by atoms with E-state index in [0.29, 0.717) is 32.7 Å². The summed E-state index contributed by atoms with van der Waals surface area (Å²) in [5.74, 6) is -0.561. The number of amides is 2. The van der Waals surface area contributed by atoms with Gasteiger partial charge in [-0.25, -0.2) is 4.39 Å². The van der Waals surface area contributed by atoms with E-state index in [1.54, 1.807) is 11.0 Å². The number of benzene rings is 1. The van der Waals surface area contributed by atoms with Crippen molar-refractivity contribution in [1.29, 1.82) is 0 Å². The second-order valence-corrected chi connectivity index (χ2v) is 7.35. The minimum atomic E-state index is -0.307. The molecule has 7 heteroatoms. The van der Waals surface area contributed by atoms with Gasteiger partial charge in [0.1, 0.15) is 5.82 Å². The van der Waals surface area contributed by atoms with Crippen molar-refractivity contribution >= 4 is 11.8 Å². The summed E-state index contributed by atoms with van der Waals surface area (Å²) in [4.78, 5) is 31.0. The number of likely N-dealkylation sites (N-methyl/N-ethyl adjacent to an activating group) is 1. The van der Waals surface area contributed by atoms with Gasteiger partial charge in [-0.05, 0) is 31.8 Å². The van der Waals surface area contributed by atoms with E-state index in [4.69, 9.17) is 0 Å². The van der Waals surface area contributed by atoms with Crippen LogP contribution < -0.4 is 5.32 Å². The Kier molecular flexibility index (Phi) is 5.88. The fourth-order valence-electron chi connectivity index (χ4n) is 3.69. The average molecular weight is 362 g/mol. The summed E-state index contributed by atoms with van der Waals surface area (Å²) in [6, 6.07) is 6.22. The Labute approximate surface area is 153 Å². The number of rotatable bonds is 5. The Morgan fingerprint density at radius 1 is 1.38 bits per heavy atom. The lowest BCUT2D eigenvalue weighted by Gasteiger charge is -2.38. The molecular weight excluding hydrogens is 335 g/mol. The highest BCUT2D eigenvalue weighted by molar-refractivity contribution is 5.89. The van der Waals surface area contributed by atoms with Crippen LogP contribution in [0.5, 0.6) is 0 Å². The van der Waals surface area contributed by atoms with Crippen molar-refractivity contribution in [1.82, 2.24) is 20.0 Å². The molecule has 2 unspecified atom stereocenters. The topological polar surface area (TPSA) is 55.9 Å². The van der Waals surface area contributed by atoms with Gasteiger partial charge in [-0.3, -0.25) is 9.59 Å². The fourth-order valence-corrected chi connectivity index (χ4v) is 3.69. The van der Waals surface area contributed by atoms with Crippen LogP contribution in [0.1, 0.15) is 18.0 Å². The molecule has 0 aliphatic carbocycles. The Morgan fingerprint density at radius 2 is 2.19 bits per heavy atom. The minimum absolute atomic E-state index is 0.00136. The molecule has 0 bridgehead atoms. The van der Waals surface area contributed by atoms with Gasteiger partial charge in [0.05, 0.1) is 12.0 Å². The maximum Gasteiger partial charge on any atom is 0.228 e. The fraction of sp³-hybridized carbons (Fsp3) is 0.579. The van der Waals surface area contributed by atoms with Gasteiger partial charge in [-0.2, -0.15) is 0 Å². The first-order valence-corrected chi connectivity index (χ1v) is 9.15. The van der Waals surface area contributed by atoms with Crippen molar-refractivity contribution in [3.8, 4) is 0 Å². The molecule has 2 heterocycles. The van der Waals surface area contributed by atoms with Crippen LogP contribution in [0.15, 0.2) is 24.3 Å². The number of nitrogens with zero attached hydrogens (tertiary/aromatic N) is 3. The lowest BCUT2D eigenvalue weighted by Crippen LogP contribution is -2.50. The zero-order valence-corrected chi connectivity index (χ0v) is 15.4. The van der Waals surface area contributed by atoms with Gasteiger partial charge in [0.2, 0.25) is 11.8 Å². The number of halogens is 1. The molecule has 2 saturated heterocycles. The SMILES string of the molecule is CN(C)CCN1CC(C(=O)N2CCNCC2c2cccc(F)c2)CC1=O. The summed E-state index contributed by atoms with van der Waals surface area (Å²) in [5, 5.41) is 3.28. The van der Waals surface area contributed by atoms with Crippen LogP contribution in [-0.2, 0) is 9.59 Å². The third-order valence-electron chi connectivity index (χ3n) is 5.14. The van der Waals surface area contributed by atoms with Crippen molar-refractivity contribution in [3.63, 3.8) is 0 Å². The van der Waals surface area contributed by atoms with Gasteiger partial charge in [-0.1, -0.05) is 12.1 Å². The van der Waals surface area contributed by atoms with Gasteiger partial charge < -0.3 is 20.0 Å². The molecule has 26 heavy (non-hydrogen) atoms. The van der Waals surface area contributed by atoms with Crippen molar-refractivity contribution in [3.05, 3.63) is 35.6 Å². The largest absolute Gasteiger partial charge is 0.341 e.